The molecule has 0 saturated heterocycles. The number of hydrazine groups is 1. The lowest BCUT2D eigenvalue weighted by Gasteiger charge is -2.21. The largest absolute Gasteiger partial charge is 0.271 e. The van der Waals surface area contributed by atoms with Crippen LogP contribution in [0.3, 0.4) is 0 Å². The van der Waals surface area contributed by atoms with E-state index in [9.17, 15) is 0 Å². The van der Waals surface area contributed by atoms with Crippen LogP contribution in [0.25, 0.3) is 0 Å². The summed E-state index contributed by atoms with van der Waals surface area (Å²) < 4.78 is 0. The summed E-state index contributed by atoms with van der Waals surface area (Å²) in [5.41, 5.74) is 3.10. The van der Waals surface area contributed by atoms with Gasteiger partial charge in [0.15, 0.2) is 0 Å². The first-order valence-corrected chi connectivity index (χ1v) is 4.25. The molecule has 62 valence electrons. The Balaban J connectivity index is 0.000000371. The summed E-state index contributed by atoms with van der Waals surface area (Å²) in [6, 6.07) is 0. The molecule has 1 aliphatic rings. The van der Waals surface area contributed by atoms with Gasteiger partial charge < -0.3 is 0 Å². The maximum atomic E-state index is 5.32. The monoisotopic (exact) mass is 144 g/mol. The summed E-state index contributed by atoms with van der Waals surface area (Å²) in [5, 5.41) is 0. The van der Waals surface area contributed by atoms with Crippen molar-refractivity contribution in [3.8, 4) is 0 Å². The highest BCUT2D eigenvalue weighted by molar-refractivity contribution is 4.85. The van der Waals surface area contributed by atoms with E-state index in [0.717, 1.165) is 0 Å². The molecule has 0 bridgehead atoms. The van der Waals surface area contributed by atoms with Gasteiger partial charge in [-0.05, 0) is 19.8 Å². The Morgan fingerprint density at radius 2 is 1.60 bits per heavy atom. The van der Waals surface area contributed by atoms with Gasteiger partial charge in [0.2, 0.25) is 0 Å². The quantitative estimate of drug-likeness (QED) is 0.435. The molecule has 0 unspecified atom stereocenters. The lowest BCUT2D eigenvalue weighted by Crippen LogP contribution is -2.44. The molecule has 0 spiro atoms. The topological polar surface area (TPSA) is 38.0 Å². The van der Waals surface area contributed by atoms with Crippen molar-refractivity contribution in [1.29, 1.82) is 0 Å². The van der Waals surface area contributed by atoms with E-state index in [2.05, 4.69) is 12.3 Å². The third kappa shape index (κ3) is 2.67. The summed E-state index contributed by atoms with van der Waals surface area (Å²) in [6.07, 6.45) is 5.15. The van der Waals surface area contributed by atoms with E-state index in [1.54, 1.807) is 0 Å². The van der Waals surface area contributed by atoms with E-state index in [0.29, 0.717) is 0 Å². The van der Waals surface area contributed by atoms with Crippen molar-refractivity contribution in [2.45, 2.75) is 52.0 Å². The number of nitrogens with two attached hydrogens (primary N) is 1. The zero-order valence-electron chi connectivity index (χ0n) is 7.41. The Kier molecular flexibility index (Phi) is 4.65. The van der Waals surface area contributed by atoms with Gasteiger partial charge in [-0.3, -0.25) is 11.3 Å². The first kappa shape index (κ1) is 9.92. The summed E-state index contributed by atoms with van der Waals surface area (Å²) in [5.74, 6) is 5.32. The fraction of sp³-hybridized carbons (Fsp3) is 1.00. The van der Waals surface area contributed by atoms with Crippen LogP contribution in [0.4, 0.5) is 0 Å². The number of rotatable bonds is 1. The Bertz CT molecular complexity index is 75.3. The van der Waals surface area contributed by atoms with E-state index in [4.69, 9.17) is 5.84 Å². The second kappa shape index (κ2) is 4.69. The molecule has 3 N–H and O–H groups in total. The summed E-state index contributed by atoms with van der Waals surface area (Å²) in [4.78, 5) is 0. The average molecular weight is 144 g/mol. The van der Waals surface area contributed by atoms with Crippen molar-refractivity contribution in [2.75, 3.05) is 0 Å². The molecule has 0 atom stereocenters. The van der Waals surface area contributed by atoms with Crippen LogP contribution in [0.2, 0.25) is 0 Å². The van der Waals surface area contributed by atoms with Crippen LogP contribution < -0.4 is 11.3 Å². The van der Waals surface area contributed by atoms with Gasteiger partial charge in [0, 0.05) is 5.54 Å². The van der Waals surface area contributed by atoms with Gasteiger partial charge in [-0.15, -0.1) is 0 Å². The average Bonchev–Trinajstić information content (AvgIpc) is 2.42. The van der Waals surface area contributed by atoms with Crippen LogP contribution >= 0.6 is 0 Å². The van der Waals surface area contributed by atoms with Crippen molar-refractivity contribution in [3.05, 3.63) is 0 Å². The number of nitrogens with one attached hydrogen (secondary N) is 1. The second-order valence-electron chi connectivity index (χ2n) is 2.91. The SMILES string of the molecule is CC.CC1(NN)CCCC1. The van der Waals surface area contributed by atoms with E-state index < -0.39 is 0 Å². The predicted octanol–water partition coefficient (Wildman–Crippen LogP) is 1.81. The van der Waals surface area contributed by atoms with Gasteiger partial charge in [-0.2, -0.15) is 0 Å². The smallest absolute Gasteiger partial charge is 0.0293 e. The third-order valence-corrected chi connectivity index (χ3v) is 2.06. The van der Waals surface area contributed by atoms with Crippen molar-refractivity contribution in [2.24, 2.45) is 5.84 Å². The van der Waals surface area contributed by atoms with Gasteiger partial charge in [-0.25, -0.2) is 0 Å². The minimum Gasteiger partial charge on any atom is -0.271 e. The molecule has 0 aromatic heterocycles. The van der Waals surface area contributed by atoms with Crippen molar-refractivity contribution in [3.63, 3.8) is 0 Å². The molecule has 10 heavy (non-hydrogen) atoms. The van der Waals surface area contributed by atoms with Crippen LogP contribution in [-0.4, -0.2) is 5.54 Å². The highest BCUT2D eigenvalue weighted by Crippen LogP contribution is 2.27. The molecular formula is C8H20N2. The fourth-order valence-electron chi connectivity index (χ4n) is 1.30. The number of hydrogen-bond acceptors (Lipinski definition) is 2. The van der Waals surface area contributed by atoms with Gasteiger partial charge in [-0.1, -0.05) is 26.7 Å². The molecule has 1 aliphatic carbocycles. The molecule has 2 nitrogen and oxygen atoms in total. The first-order chi connectivity index (χ1) is 4.77. The molecule has 0 aromatic carbocycles. The minimum absolute atomic E-state index is 0.264. The standard InChI is InChI=1S/C6H14N2.C2H6/c1-6(8-7)4-2-3-5-6;1-2/h8H,2-5,7H2,1H3;1-2H3. The summed E-state index contributed by atoms with van der Waals surface area (Å²) in [6.45, 7) is 6.18. The maximum Gasteiger partial charge on any atom is 0.0293 e. The molecule has 0 radical (unpaired) electrons. The van der Waals surface area contributed by atoms with Gasteiger partial charge in [0.05, 0.1) is 0 Å². The molecular weight excluding hydrogens is 124 g/mol. The van der Waals surface area contributed by atoms with E-state index >= 15 is 0 Å². The molecule has 0 aromatic rings. The molecule has 1 fully saturated rings. The van der Waals surface area contributed by atoms with Crippen LogP contribution in [0.5, 0.6) is 0 Å². The van der Waals surface area contributed by atoms with E-state index in [1.165, 1.54) is 25.7 Å². The second-order valence-corrected chi connectivity index (χ2v) is 2.91. The molecule has 0 heterocycles. The van der Waals surface area contributed by atoms with Crippen LogP contribution in [0.1, 0.15) is 46.5 Å². The Morgan fingerprint density at radius 3 is 1.80 bits per heavy atom. The summed E-state index contributed by atoms with van der Waals surface area (Å²) in [7, 11) is 0. The van der Waals surface area contributed by atoms with E-state index in [-0.39, 0.29) is 5.54 Å². The highest BCUT2D eigenvalue weighted by Gasteiger charge is 2.26. The lowest BCUT2D eigenvalue weighted by atomic mass is 10.0. The first-order valence-electron chi connectivity index (χ1n) is 4.25. The normalized spacial score (nSPS) is 21.6. The Labute approximate surface area is 64.2 Å². The highest BCUT2D eigenvalue weighted by atomic mass is 15.3. The zero-order valence-corrected chi connectivity index (χ0v) is 7.41. The van der Waals surface area contributed by atoms with Crippen LogP contribution in [0.15, 0.2) is 0 Å². The molecule has 2 heteroatoms. The summed E-state index contributed by atoms with van der Waals surface area (Å²) >= 11 is 0. The molecule has 0 aliphatic heterocycles. The van der Waals surface area contributed by atoms with Crippen LogP contribution in [0, 0.1) is 0 Å². The maximum absolute atomic E-state index is 5.32. The van der Waals surface area contributed by atoms with Crippen molar-refractivity contribution < 1.29 is 0 Å². The molecule has 1 saturated carbocycles. The Morgan fingerprint density at radius 1 is 1.20 bits per heavy atom. The zero-order chi connectivity index (χ0) is 8.04. The van der Waals surface area contributed by atoms with E-state index in [1.807, 2.05) is 13.8 Å². The van der Waals surface area contributed by atoms with Crippen molar-refractivity contribution >= 4 is 0 Å². The van der Waals surface area contributed by atoms with Crippen LogP contribution in [-0.2, 0) is 0 Å². The molecule has 1 rings (SSSR count). The fourth-order valence-corrected chi connectivity index (χ4v) is 1.30. The minimum atomic E-state index is 0.264. The number of hydrogen-bond donors (Lipinski definition) is 2. The predicted molar refractivity (Wildman–Crippen MR) is 45.5 cm³/mol. The van der Waals surface area contributed by atoms with Gasteiger partial charge in [0.25, 0.3) is 0 Å². The third-order valence-electron chi connectivity index (χ3n) is 2.06. The van der Waals surface area contributed by atoms with Gasteiger partial charge >= 0.3 is 0 Å². The molecule has 0 amide bonds. The van der Waals surface area contributed by atoms with Crippen molar-refractivity contribution in [1.82, 2.24) is 5.43 Å². The Hall–Kier alpha value is -0.0800. The lowest BCUT2D eigenvalue weighted by molar-refractivity contribution is 0.373. The van der Waals surface area contributed by atoms with Gasteiger partial charge in [0.1, 0.15) is 0 Å².